The van der Waals surface area contributed by atoms with Crippen LogP contribution in [-0.4, -0.2) is 76.8 Å². The summed E-state index contributed by atoms with van der Waals surface area (Å²) in [6.45, 7) is 5.87. The minimum absolute atomic E-state index is 0.0909. The normalized spacial score (nSPS) is 24.4. The number of likely N-dealkylation sites (tertiary alicyclic amines) is 2. The van der Waals surface area contributed by atoms with Crippen LogP contribution < -0.4 is 5.32 Å². The third-order valence-corrected chi connectivity index (χ3v) is 6.93. The van der Waals surface area contributed by atoms with Crippen molar-refractivity contribution in [1.82, 2.24) is 20.0 Å². The number of carbonyl (C=O) groups is 3. The van der Waals surface area contributed by atoms with Gasteiger partial charge in [0.05, 0.1) is 6.04 Å². The maximum Gasteiger partial charge on any atom is 0.325 e. The van der Waals surface area contributed by atoms with Gasteiger partial charge in [0.15, 0.2) is 0 Å². The molecule has 3 fully saturated rings. The number of imide groups is 1. The van der Waals surface area contributed by atoms with Gasteiger partial charge in [-0.3, -0.25) is 14.5 Å². The number of piperidine rings is 2. The molecule has 1 aromatic rings. The molecule has 7 heteroatoms. The first-order chi connectivity index (χ1) is 14.5. The molecular formula is C23H32N4O3. The second-order valence-electron chi connectivity index (χ2n) is 8.74. The van der Waals surface area contributed by atoms with Crippen LogP contribution in [0.15, 0.2) is 30.3 Å². The number of hydrogen-bond donors (Lipinski definition) is 1. The molecule has 0 aromatic heterocycles. The highest BCUT2D eigenvalue weighted by molar-refractivity contribution is 6.07. The number of rotatable bonds is 5. The van der Waals surface area contributed by atoms with Crippen LogP contribution in [0.3, 0.4) is 0 Å². The first kappa shape index (κ1) is 20.8. The molecule has 0 radical (unpaired) electrons. The largest absolute Gasteiger partial charge is 0.341 e. The Kier molecular flexibility index (Phi) is 6.09. The zero-order chi connectivity index (χ0) is 21.1. The number of aryl methyl sites for hydroxylation is 1. The lowest BCUT2D eigenvalue weighted by molar-refractivity contribution is -0.139. The van der Waals surface area contributed by atoms with Crippen molar-refractivity contribution in [3.63, 3.8) is 0 Å². The second-order valence-corrected chi connectivity index (χ2v) is 8.74. The monoisotopic (exact) mass is 412 g/mol. The van der Waals surface area contributed by atoms with E-state index in [1.807, 2.05) is 35.2 Å². The third kappa shape index (κ3) is 4.08. The predicted octanol–water partition coefficient (Wildman–Crippen LogP) is 2.02. The van der Waals surface area contributed by atoms with Crippen molar-refractivity contribution in [2.75, 3.05) is 32.7 Å². The van der Waals surface area contributed by atoms with E-state index in [0.29, 0.717) is 38.8 Å². The van der Waals surface area contributed by atoms with Gasteiger partial charge in [0.25, 0.3) is 5.91 Å². The zero-order valence-electron chi connectivity index (χ0n) is 17.8. The number of urea groups is 1. The van der Waals surface area contributed by atoms with E-state index in [1.54, 1.807) is 0 Å². The van der Waals surface area contributed by atoms with Crippen molar-refractivity contribution in [1.29, 1.82) is 0 Å². The van der Waals surface area contributed by atoms with Gasteiger partial charge in [-0.25, -0.2) is 4.79 Å². The van der Waals surface area contributed by atoms with Crippen molar-refractivity contribution >= 4 is 17.8 Å². The summed E-state index contributed by atoms with van der Waals surface area (Å²) in [6, 6.07) is 9.48. The van der Waals surface area contributed by atoms with Crippen molar-refractivity contribution in [3.05, 3.63) is 35.9 Å². The minimum Gasteiger partial charge on any atom is -0.341 e. The number of carbonyl (C=O) groups excluding carboxylic acids is 3. The third-order valence-electron chi connectivity index (χ3n) is 6.93. The van der Waals surface area contributed by atoms with E-state index in [1.165, 1.54) is 4.90 Å². The molecule has 7 nitrogen and oxygen atoms in total. The Bertz CT molecular complexity index is 789. The van der Waals surface area contributed by atoms with Crippen molar-refractivity contribution in [3.8, 4) is 0 Å². The minimum atomic E-state index is -0.748. The molecule has 4 rings (SSSR count). The van der Waals surface area contributed by atoms with Crippen LogP contribution >= 0.6 is 0 Å². The van der Waals surface area contributed by atoms with Gasteiger partial charge < -0.3 is 15.1 Å². The summed E-state index contributed by atoms with van der Waals surface area (Å²) in [5.41, 5.74) is 0.399. The van der Waals surface area contributed by atoms with Gasteiger partial charge in [-0.05, 0) is 44.2 Å². The summed E-state index contributed by atoms with van der Waals surface area (Å²) in [4.78, 5) is 44.4. The lowest BCUT2D eigenvalue weighted by atomic mass is 9.87. The van der Waals surface area contributed by atoms with E-state index in [9.17, 15) is 14.4 Å². The van der Waals surface area contributed by atoms with Crippen LogP contribution in [0, 0.1) is 0 Å². The van der Waals surface area contributed by atoms with Gasteiger partial charge in [-0.15, -0.1) is 0 Å². The molecule has 3 heterocycles. The highest BCUT2D eigenvalue weighted by Crippen LogP contribution is 2.32. The van der Waals surface area contributed by atoms with E-state index >= 15 is 0 Å². The standard InChI is InChI=1S/C23H32N4O3/c1-2-25-15-12-23(13-16-25)21(29)27(22(30)24-23)19-9-6-14-26(17-19)20(28)11-10-18-7-4-3-5-8-18/h3-5,7-8,19H,2,6,9-17H2,1H3,(H,24,30)/t19-/m0/s1. The summed E-state index contributed by atoms with van der Waals surface area (Å²) in [6.07, 6.45) is 4.06. The topological polar surface area (TPSA) is 73.0 Å². The molecular weight excluding hydrogens is 380 g/mol. The average molecular weight is 413 g/mol. The molecule has 3 saturated heterocycles. The van der Waals surface area contributed by atoms with Gasteiger partial charge in [-0.2, -0.15) is 0 Å². The molecule has 0 unspecified atom stereocenters. The summed E-state index contributed by atoms with van der Waals surface area (Å²) in [5.74, 6) is 0.00779. The Balaban J connectivity index is 1.37. The van der Waals surface area contributed by atoms with Crippen LogP contribution in [0.4, 0.5) is 4.79 Å². The summed E-state index contributed by atoms with van der Waals surface area (Å²) in [5, 5.41) is 3.01. The number of benzene rings is 1. The molecule has 0 saturated carbocycles. The fourth-order valence-electron chi connectivity index (χ4n) is 5.01. The van der Waals surface area contributed by atoms with Gasteiger partial charge in [0.2, 0.25) is 5.91 Å². The molecule has 0 aliphatic carbocycles. The molecule has 3 aliphatic rings. The molecule has 30 heavy (non-hydrogen) atoms. The lowest BCUT2D eigenvalue weighted by Crippen LogP contribution is -2.56. The fraction of sp³-hybridized carbons (Fsp3) is 0.609. The maximum atomic E-state index is 13.3. The summed E-state index contributed by atoms with van der Waals surface area (Å²) < 4.78 is 0. The summed E-state index contributed by atoms with van der Waals surface area (Å²) >= 11 is 0. The van der Waals surface area contributed by atoms with Gasteiger partial charge >= 0.3 is 6.03 Å². The fourth-order valence-corrected chi connectivity index (χ4v) is 5.01. The van der Waals surface area contributed by atoms with Crippen LogP contribution in [0.1, 0.15) is 44.6 Å². The molecule has 3 aliphatic heterocycles. The van der Waals surface area contributed by atoms with Crippen LogP contribution in [0.5, 0.6) is 0 Å². The molecule has 1 N–H and O–H groups in total. The highest BCUT2D eigenvalue weighted by Gasteiger charge is 2.54. The van der Waals surface area contributed by atoms with Crippen molar-refractivity contribution < 1.29 is 14.4 Å². The number of nitrogens with one attached hydrogen (secondary N) is 1. The Morgan fingerprint density at radius 3 is 2.57 bits per heavy atom. The van der Waals surface area contributed by atoms with Gasteiger partial charge in [-0.1, -0.05) is 37.3 Å². The molecule has 1 aromatic carbocycles. The first-order valence-electron chi connectivity index (χ1n) is 11.2. The Hall–Kier alpha value is -2.41. The first-order valence-corrected chi connectivity index (χ1v) is 11.2. The summed E-state index contributed by atoms with van der Waals surface area (Å²) in [7, 11) is 0. The number of hydrogen-bond acceptors (Lipinski definition) is 4. The van der Waals surface area contributed by atoms with E-state index in [-0.39, 0.29) is 23.9 Å². The molecule has 0 bridgehead atoms. The van der Waals surface area contributed by atoms with Gasteiger partial charge in [0.1, 0.15) is 5.54 Å². The number of nitrogens with zero attached hydrogens (tertiary/aromatic N) is 3. The predicted molar refractivity (Wildman–Crippen MR) is 114 cm³/mol. The van der Waals surface area contributed by atoms with E-state index in [4.69, 9.17) is 0 Å². The Morgan fingerprint density at radius 2 is 1.87 bits per heavy atom. The highest BCUT2D eigenvalue weighted by atomic mass is 16.2. The van der Waals surface area contributed by atoms with Crippen LogP contribution in [0.2, 0.25) is 0 Å². The van der Waals surface area contributed by atoms with Crippen LogP contribution in [-0.2, 0) is 16.0 Å². The zero-order valence-corrected chi connectivity index (χ0v) is 17.8. The van der Waals surface area contributed by atoms with E-state index in [0.717, 1.165) is 38.0 Å². The molecule has 1 atom stereocenters. The SMILES string of the molecule is CCN1CCC2(CC1)NC(=O)N([C@H]1CCCN(C(=O)CCc3ccccc3)C1)C2=O. The van der Waals surface area contributed by atoms with Crippen LogP contribution in [0.25, 0.3) is 0 Å². The average Bonchev–Trinajstić information content (AvgIpc) is 3.02. The molecule has 4 amide bonds. The van der Waals surface area contributed by atoms with Gasteiger partial charge in [0, 0.05) is 32.6 Å². The molecule has 1 spiro atoms. The number of amides is 4. The molecule has 162 valence electrons. The second kappa shape index (κ2) is 8.76. The van der Waals surface area contributed by atoms with E-state index in [2.05, 4.69) is 17.1 Å². The smallest absolute Gasteiger partial charge is 0.325 e. The van der Waals surface area contributed by atoms with E-state index < -0.39 is 5.54 Å². The lowest BCUT2D eigenvalue weighted by Gasteiger charge is -2.39. The van der Waals surface area contributed by atoms with Crippen molar-refractivity contribution in [2.24, 2.45) is 0 Å². The Morgan fingerprint density at radius 1 is 1.13 bits per heavy atom. The van der Waals surface area contributed by atoms with Crippen molar-refractivity contribution in [2.45, 2.75) is 57.0 Å². The maximum absolute atomic E-state index is 13.3. The Labute approximate surface area is 178 Å². The quantitative estimate of drug-likeness (QED) is 0.751.